The second-order valence-corrected chi connectivity index (χ2v) is 5.79. The van der Waals surface area contributed by atoms with Crippen molar-refractivity contribution in [2.45, 2.75) is 13.5 Å². The van der Waals surface area contributed by atoms with Crippen molar-refractivity contribution in [1.29, 1.82) is 5.26 Å². The smallest absolute Gasteiger partial charge is 0.225 e. The fourth-order valence-electron chi connectivity index (χ4n) is 2.02. The maximum Gasteiger partial charge on any atom is 0.225 e. The number of nitrogens with one attached hydrogen (secondary N) is 1. The molecule has 0 aliphatic carbocycles. The zero-order chi connectivity index (χ0) is 16.8. The summed E-state index contributed by atoms with van der Waals surface area (Å²) in [6, 6.07) is 15.3. The first kappa shape index (κ1) is 16.5. The molecule has 118 valence electrons. The van der Waals surface area contributed by atoms with Crippen LogP contribution in [0.1, 0.15) is 18.1 Å². The first-order chi connectivity index (χ1) is 11.0. The molecule has 0 atom stereocenters. The topological polar surface area (TPSA) is 90.3 Å². The van der Waals surface area contributed by atoms with Crippen LogP contribution in [0.4, 0.5) is 11.4 Å². The van der Waals surface area contributed by atoms with E-state index in [1.54, 1.807) is 48.5 Å². The Morgan fingerprint density at radius 1 is 1.13 bits per heavy atom. The minimum Gasteiger partial charge on any atom is -0.326 e. The third-order valence-corrected chi connectivity index (χ3v) is 3.86. The van der Waals surface area contributed by atoms with E-state index in [9.17, 15) is 13.2 Å². The lowest BCUT2D eigenvalue weighted by Gasteiger charge is -2.18. The zero-order valence-corrected chi connectivity index (χ0v) is 13.3. The molecule has 0 unspecified atom stereocenters. The molecule has 0 aromatic heterocycles. The van der Waals surface area contributed by atoms with E-state index in [1.807, 2.05) is 6.07 Å². The molecule has 0 spiro atoms. The van der Waals surface area contributed by atoms with Crippen LogP contribution in [0.15, 0.2) is 48.5 Å². The van der Waals surface area contributed by atoms with Crippen molar-refractivity contribution in [3.05, 3.63) is 59.7 Å². The number of anilines is 2. The molecule has 0 bridgehead atoms. The lowest BCUT2D eigenvalue weighted by Crippen LogP contribution is -2.20. The second kappa shape index (κ2) is 7.42. The molecule has 6 nitrogen and oxygen atoms in total. The van der Waals surface area contributed by atoms with Crippen molar-refractivity contribution < 1.29 is 13.2 Å². The lowest BCUT2D eigenvalue weighted by atomic mass is 10.1. The van der Waals surface area contributed by atoms with Gasteiger partial charge in [-0.1, -0.05) is 12.1 Å². The molecule has 0 saturated carbocycles. The number of nitriles is 1. The van der Waals surface area contributed by atoms with Crippen molar-refractivity contribution >= 4 is 28.2 Å². The Bertz CT molecular complexity index is 798. The Hall–Kier alpha value is -2.85. The highest BCUT2D eigenvalue weighted by Crippen LogP contribution is 2.20. The molecular formula is C16H15N3O3S. The zero-order valence-electron chi connectivity index (χ0n) is 12.4. The normalized spacial score (nSPS) is 10.1. The summed E-state index contributed by atoms with van der Waals surface area (Å²) >= 11 is 0. The summed E-state index contributed by atoms with van der Waals surface area (Å²) in [5.74, 6) is -0.193. The summed E-state index contributed by atoms with van der Waals surface area (Å²) in [5.41, 5.74) is 2.39. The molecule has 1 amide bonds. The van der Waals surface area contributed by atoms with Crippen molar-refractivity contribution in [2.24, 2.45) is 0 Å². The number of rotatable bonds is 5. The summed E-state index contributed by atoms with van der Waals surface area (Å²) in [6.07, 6.45) is 0. The minimum absolute atomic E-state index is 0.171. The number of benzene rings is 2. The van der Waals surface area contributed by atoms with E-state index in [4.69, 9.17) is 5.26 Å². The van der Waals surface area contributed by atoms with Crippen molar-refractivity contribution in [3.63, 3.8) is 0 Å². The molecule has 0 saturated heterocycles. The molecule has 0 aliphatic heterocycles. The van der Waals surface area contributed by atoms with Gasteiger partial charge < -0.3 is 5.32 Å². The van der Waals surface area contributed by atoms with Crippen LogP contribution >= 0.6 is 0 Å². The van der Waals surface area contributed by atoms with E-state index in [-0.39, 0.29) is 12.5 Å². The number of hydrogen-bond donors (Lipinski definition) is 2. The van der Waals surface area contributed by atoms with E-state index in [1.165, 1.54) is 11.2 Å². The van der Waals surface area contributed by atoms with Gasteiger partial charge in [0.2, 0.25) is 16.8 Å². The highest BCUT2D eigenvalue weighted by molar-refractivity contribution is 7.74. The summed E-state index contributed by atoms with van der Waals surface area (Å²) < 4.78 is 24.3. The number of nitrogens with zero attached hydrogens (tertiary/aromatic N) is 2. The fraction of sp³-hybridized carbons (Fsp3) is 0.125. The van der Waals surface area contributed by atoms with Crippen LogP contribution in [-0.4, -0.2) is 14.3 Å². The minimum atomic E-state index is -2.82. The maximum absolute atomic E-state index is 11.5. The third-order valence-electron chi connectivity index (χ3n) is 3.10. The van der Waals surface area contributed by atoms with Gasteiger partial charge in [0.1, 0.15) is 0 Å². The molecule has 1 N–H and O–H groups in total. The average Bonchev–Trinajstić information content (AvgIpc) is 2.53. The molecule has 0 fully saturated rings. The predicted octanol–water partition coefficient (Wildman–Crippen LogP) is 2.05. The van der Waals surface area contributed by atoms with Gasteiger partial charge in [-0.3, -0.25) is 9.10 Å². The molecule has 7 heteroatoms. The van der Waals surface area contributed by atoms with Gasteiger partial charge >= 0.3 is 0 Å². The van der Waals surface area contributed by atoms with Crippen LogP contribution in [0.5, 0.6) is 0 Å². The Morgan fingerprint density at radius 2 is 1.74 bits per heavy atom. The fourth-order valence-corrected chi connectivity index (χ4v) is 2.62. The number of carbonyl (C=O) groups excluding carboxylic acids is 1. The highest BCUT2D eigenvalue weighted by atomic mass is 32.2. The largest absolute Gasteiger partial charge is 0.326 e. The first-order valence-electron chi connectivity index (χ1n) is 6.78. The molecule has 0 heterocycles. The van der Waals surface area contributed by atoms with Gasteiger partial charge in [0.05, 0.1) is 23.9 Å². The van der Waals surface area contributed by atoms with E-state index in [0.29, 0.717) is 16.9 Å². The van der Waals surface area contributed by atoms with Gasteiger partial charge in [0.15, 0.2) is 0 Å². The van der Waals surface area contributed by atoms with E-state index < -0.39 is 10.9 Å². The quantitative estimate of drug-likeness (QED) is 0.822. The Balaban J connectivity index is 2.20. The summed E-state index contributed by atoms with van der Waals surface area (Å²) in [4.78, 5) is 11.0. The third kappa shape index (κ3) is 4.56. The average molecular weight is 329 g/mol. The monoisotopic (exact) mass is 329 g/mol. The molecule has 2 aromatic rings. The standard InChI is InChI=1S/C16H15N3O3S/c1-12(20)18-15-6-8-16(9-7-15)19(23(21)22)11-14-4-2-13(10-17)3-5-14/h2-9,23H,11H2,1H3,(H,18,20). The first-order valence-corrected chi connectivity index (χ1v) is 7.91. The van der Waals surface area contributed by atoms with Gasteiger partial charge in [-0.05, 0) is 42.0 Å². The number of amides is 1. The van der Waals surface area contributed by atoms with Crippen LogP contribution in [0.25, 0.3) is 0 Å². The van der Waals surface area contributed by atoms with Crippen molar-refractivity contribution in [3.8, 4) is 6.07 Å². The molecule has 0 aliphatic rings. The number of carbonyl (C=O) groups is 1. The van der Waals surface area contributed by atoms with Crippen LogP contribution in [0.3, 0.4) is 0 Å². The Morgan fingerprint density at radius 3 is 2.22 bits per heavy atom. The molecule has 2 aromatic carbocycles. The van der Waals surface area contributed by atoms with E-state index in [2.05, 4.69) is 5.32 Å². The molecule has 23 heavy (non-hydrogen) atoms. The van der Waals surface area contributed by atoms with E-state index in [0.717, 1.165) is 5.56 Å². The lowest BCUT2D eigenvalue weighted by molar-refractivity contribution is -0.114. The van der Waals surface area contributed by atoms with Crippen LogP contribution in [0.2, 0.25) is 0 Å². The number of thiol groups is 1. The highest BCUT2D eigenvalue weighted by Gasteiger charge is 2.10. The van der Waals surface area contributed by atoms with Crippen LogP contribution in [0, 0.1) is 11.3 Å². The van der Waals surface area contributed by atoms with Gasteiger partial charge in [-0.2, -0.15) is 5.26 Å². The Labute approximate surface area is 136 Å². The van der Waals surface area contributed by atoms with Gasteiger partial charge in [0, 0.05) is 12.6 Å². The summed E-state index contributed by atoms with van der Waals surface area (Å²) in [5, 5.41) is 11.4. The summed E-state index contributed by atoms with van der Waals surface area (Å²) in [7, 11) is -2.82. The summed E-state index contributed by atoms with van der Waals surface area (Å²) in [6.45, 7) is 1.57. The SMILES string of the molecule is CC(=O)Nc1ccc(N(Cc2ccc(C#N)cc2)[SH](=O)=O)cc1. The van der Waals surface area contributed by atoms with Crippen molar-refractivity contribution in [1.82, 2.24) is 0 Å². The van der Waals surface area contributed by atoms with Gasteiger partial charge in [-0.15, -0.1) is 0 Å². The number of hydrogen-bond acceptors (Lipinski definition) is 4. The predicted molar refractivity (Wildman–Crippen MR) is 88.4 cm³/mol. The molecule has 2 rings (SSSR count). The van der Waals surface area contributed by atoms with Crippen LogP contribution < -0.4 is 9.62 Å². The maximum atomic E-state index is 11.5. The van der Waals surface area contributed by atoms with Gasteiger partial charge in [0.25, 0.3) is 0 Å². The van der Waals surface area contributed by atoms with Gasteiger partial charge in [-0.25, -0.2) is 8.42 Å². The second-order valence-electron chi connectivity index (χ2n) is 4.83. The Kier molecular flexibility index (Phi) is 5.33. The van der Waals surface area contributed by atoms with E-state index >= 15 is 0 Å². The molecule has 0 radical (unpaired) electrons. The van der Waals surface area contributed by atoms with Crippen molar-refractivity contribution in [2.75, 3.05) is 9.62 Å². The molecular weight excluding hydrogens is 314 g/mol. The van der Waals surface area contributed by atoms with Crippen LogP contribution in [-0.2, 0) is 22.2 Å².